The molecule has 32 heavy (non-hydrogen) atoms. The Hall–Kier alpha value is -2.68. The minimum absolute atomic E-state index is 0.0414. The first-order chi connectivity index (χ1) is 15.3. The number of carbonyl (C=O) groups excluding carboxylic acids is 1. The summed E-state index contributed by atoms with van der Waals surface area (Å²) in [5, 5.41) is 8.89. The zero-order valence-electron chi connectivity index (χ0n) is 18.6. The van der Waals surface area contributed by atoms with Crippen molar-refractivity contribution >= 4 is 23.4 Å². The average molecular weight is 465 g/mol. The smallest absolute Gasteiger partial charge is 0.409 e. The zero-order valence-corrected chi connectivity index (χ0v) is 19.4. The lowest BCUT2D eigenvalue weighted by Crippen LogP contribution is -2.29. The van der Waals surface area contributed by atoms with E-state index in [1.54, 1.807) is 26.1 Å². The molecule has 1 aliphatic rings. The molecule has 2 aromatic heterocycles. The number of aliphatic carboxylic acids is 1. The third-order valence-electron chi connectivity index (χ3n) is 5.54. The van der Waals surface area contributed by atoms with Crippen molar-refractivity contribution in [3.63, 3.8) is 0 Å². The number of amides is 1. The van der Waals surface area contributed by atoms with Crippen LogP contribution in [0.1, 0.15) is 50.3 Å². The number of pyridine rings is 1. The van der Waals surface area contributed by atoms with Crippen molar-refractivity contribution < 1.29 is 28.6 Å². The van der Waals surface area contributed by atoms with Gasteiger partial charge in [-0.2, -0.15) is 4.39 Å². The normalized spacial score (nSPS) is 18.2. The van der Waals surface area contributed by atoms with Crippen LogP contribution in [-0.2, 0) is 16.1 Å². The lowest BCUT2D eigenvalue weighted by molar-refractivity contribution is -0.143. The van der Waals surface area contributed by atoms with Gasteiger partial charge in [0, 0.05) is 19.2 Å². The molecular formula is C23H29FN2O5S. The monoisotopic (exact) mass is 464 g/mol. The fraction of sp³-hybridized carbons (Fsp3) is 0.522. The Morgan fingerprint density at radius 2 is 2.12 bits per heavy atom. The minimum Gasteiger partial charge on any atom is -0.489 e. The number of thiophene rings is 1. The van der Waals surface area contributed by atoms with E-state index in [0.29, 0.717) is 47.0 Å². The van der Waals surface area contributed by atoms with Crippen LogP contribution in [0, 0.1) is 18.0 Å². The third-order valence-corrected chi connectivity index (χ3v) is 6.53. The lowest BCUT2D eigenvalue weighted by Gasteiger charge is -2.27. The molecule has 174 valence electrons. The van der Waals surface area contributed by atoms with Crippen LogP contribution in [0.5, 0.6) is 5.75 Å². The van der Waals surface area contributed by atoms with E-state index < -0.39 is 12.1 Å². The molecule has 0 bridgehead atoms. The van der Waals surface area contributed by atoms with E-state index in [1.165, 1.54) is 11.0 Å². The fourth-order valence-electron chi connectivity index (χ4n) is 3.85. The Bertz CT molecular complexity index is 964. The van der Waals surface area contributed by atoms with Crippen molar-refractivity contribution in [3.8, 4) is 16.3 Å². The number of carboxylic acid groups (broad SMARTS) is 1. The van der Waals surface area contributed by atoms with Gasteiger partial charge in [-0.1, -0.05) is 6.92 Å². The van der Waals surface area contributed by atoms with Gasteiger partial charge in [-0.05, 0) is 57.2 Å². The second-order valence-corrected chi connectivity index (χ2v) is 9.11. The van der Waals surface area contributed by atoms with Gasteiger partial charge in [0.2, 0.25) is 0 Å². The van der Waals surface area contributed by atoms with Crippen molar-refractivity contribution in [1.82, 2.24) is 9.88 Å². The molecule has 0 aliphatic heterocycles. The highest BCUT2D eigenvalue weighted by atomic mass is 32.1. The fourth-order valence-corrected chi connectivity index (χ4v) is 4.71. The van der Waals surface area contributed by atoms with Crippen LogP contribution in [0.3, 0.4) is 0 Å². The molecule has 0 aromatic carbocycles. The van der Waals surface area contributed by atoms with Gasteiger partial charge in [-0.15, -0.1) is 11.3 Å². The molecule has 2 heterocycles. The Morgan fingerprint density at radius 3 is 2.81 bits per heavy atom. The molecule has 0 unspecified atom stereocenters. The van der Waals surface area contributed by atoms with Gasteiger partial charge in [-0.25, -0.2) is 9.78 Å². The summed E-state index contributed by atoms with van der Waals surface area (Å²) < 4.78 is 25.4. The first-order valence-corrected chi connectivity index (χ1v) is 11.6. The number of aromatic nitrogens is 1. The van der Waals surface area contributed by atoms with Crippen LogP contribution in [-0.4, -0.2) is 46.7 Å². The predicted octanol–water partition coefficient (Wildman–Crippen LogP) is 5.26. The molecule has 2 atom stereocenters. The second-order valence-electron chi connectivity index (χ2n) is 8.10. The first kappa shape index (κ1) is 24.0. The molecular weight excluding hydrogens is 435 g/mol. The maximum absolute atomic E-state index is 14.0. The molecule has 0 saturated heterocycles. The zero-order chi connectivity index (χ0) is 23.3. The molecule has 1 saturated carbocycles. The van der Waals surface area contributed by atoms with E-state index in [1.807, 2.05) is 6.92 Å². The SMILES string of the molecule is CCCN(C)C(=O)OCc1cc(F)sc1-c1ccc(O[C@H]2CCC[C@H](C(=O)O)C2)c(C)n1. The molecule has 1 aliphatic carbocycles. The van der Waals surface area contributed by atoms with Crippen LogP contribution in [0.15, 0.2) is 18.2 Å². The maximum Gasteiger partial charge on any atom is 0.409 e. The summed E-state index contributed by atoms with van der Waals surface area (Å²) in [6, 6.07) is 4.90. The molecule has 9 heteroatoms. The molecule has 1 amide bonds. The number of rotatable bonds is 8. The number of nitrogens with zero attached hydrogens (tertiary/aromatic N) is 2. The van der Waals surface area contributed by atoms with E-state index in [2.05, 4.69) is 4.98 Å². The number of hydrogen-bond donors (Lipinski definition) is 1. The highest BCUT2D eigenvalue weighted by Gasteiger charge is 2.28. The van der Waals surface area contributed by atoms with Crippen LogP contribution < -0.4 is 4.74 Å². The van der Waals surface area contributed by atoms with Gasteiger partial charge in [-0.3, -0.25) is 4.79 Å². The number of carboxylic acids is 1. The Kier molecular flexibility index (Phi) is 8.06. The van der Waals surface area contributed by atoms with Crippen LogP contribution in [0.2, 0.25) is 0 Å². The van der Waals surface area contributed by atoms with Crippen LogP contribution in [0.4, 0.5) is 9.18 Å². The second kappa shape index (κ2) is 10.8. The lowest BCUT2D eigenvalue weighted by atomic mass is 9.87. The summed E-state index contributed by atoms with van der Waals surface area (Å²) in [5.74, 6) is -0.564. The molecule has 1 N–H and O–H groups in total. The van der Waals surface area contributed by atoms with E-state index in [9.17, 15) is 19.1 Å². The van der Waals surface area contributed by atoms with E-state index >= 15 is 0 Å². The average Bonchev–Trinajstić information content (AvgIpc) is 3.14. The summed E-state index contributed by atoms with van der Waals surface area (Å²) >= 11 is 0.951. The van der Waals surface area contributed by atoms with Crippen molar-refractivity contribution in [2.24, 2.45) is 5.92 Å². The standard InChI is InChI=1S/C23H29FN2O5S/c1-4-10-26(3)23(29)30-13-16-12-20(24)32-21(16)18-8-9-19(14(2)25-18)31-17-7-5-6-15(11-17)22(27)28/h8-9,12,15,17H,4-7,10-11,13H2,1-3H3,(H,27,28)/t15-,17-/m0/s1. The van der Waals surface area contributed by atoms with Gasteiger partial charge < -0.3 is 19.5 Å². The molecule has 0 spiro atoms. The number of aryl methyl sites for hydroxylation is 1. The van der Waals surface area contributed by atoms with Crippen LogP contribution in [0.25, 0.3) is 10.6 Å². The Morgan fingerprint density at radius 1 is 1.34 bits per heavy atom. The van der Waals surface area contributed by atoms with E-state index in [4.69, 9.17) is 9.47 Å². The van der Waals surface area contributed by atoms with E-state index in [-0.39, 0.29) is 23.8 Å². The summed E-state index contributed by atoms with van der Waals surface area (Å²) in [4.78, 5) is 30.0. The number of halogens is 1. The summed E-state index contributed by atoms with van der Waals surface area (Å²) in [6.07, 6.45) is 2.99. The molecule has 7 nitrogen and oxygen atoms in total. The summed E-state index contributed by atoms with van der Waals surface area (Å²) in [6.45, 7) is 4.32. The summed E-state index contributed by atoms with van der Waals surface area (Å²) in [7, 11) is 1.66. The molecule has 3 rings (SSSR count). The highest BCUT2D eigenvalue weighted by molar-refractivity contribution is 7.14. The van der Waals surface area contributed by atoms with Crippen LogP contribution >= 0.6 is 11.3 Å². The minimum atomic E-state index is -0.780. The third kappa shape index (κ3) is 5.97. The van der Waals surface area contributed by atoms with Gasteiger partial charge in [0.25, 0.3) is 0 Å². The van der Waals surface area contributed by atoms with Crippen molar-refractivity contribution in [2.45, 2.75) is 58.7 Å². The van der Waals surface area contributed by atoms with E-state index in [0.717, 1.165) is 30.6 Å². The number of hydrogen-bond acceptors (Lipinski definition) is 6. The Labute approximate surface area is 191 Å². The summed E-state index contributed by atoms with van der Waals surface area (Å²) in [5.41, 5.74) is 1.77. The topological polar surface area (TPSA) is 89.0 Å². The Balaban J connectivity index is 1.71. The van der Waals surface area contributed by atoms with Crippen molar-refractivity contribution in [2.75, 3.05) is 13.6 Å². The maximum atomic E-state index is 14.0. The highest BCUT2D eigenvalue weighted by Crippen LogP contribution is 2.34. The van der Waals surface area contributed by atoms with Gasteiger partial charge in [0.05, 0.1) is 28.3 Å². The number of ether oxygens (including phenoxy) is 2. The molecule has 0 radical (unpaired) electrons. The molecule has 2 aromatic rings. The van der Waals surface area contributed by atoms with Crippen molar-refractivity contribution in [3.05, 3.63) is 34.6 Å². The predicted molar refractivity (Wildman–Crippen MR) is 119 cm³/mol. The quantitative estimate of drug-likeness (QED) is 0.573. The largest absolute Gasteiger partial charge is 0.489 e. The van der Waals surface area contributed by atoms with Gasteiger partial charge >= 0.3 is 12.1 Å². The van der Waals surface area contributed by atoms with Crippen molar-refractivity contribution in [1.29, 1.82) is 0 Å². The van der Waals surface area contributed by atoms with Gasteiger partial charge in [0.15, 0.2) is 5.13 Å². The molecule has 1 fully saturated rings. The first-order valence-electron chi connectivity index (χ1n) is 10.8. The number of carbonyl (C=O) groups is 2. The van der Waals surface area contributed by atoms with Gasteiger partial charge in [0.1, 0.15) is 12.4 Å².